The standard InChI is InChI=1S/C19H15NO4S/c1-13-6-2-5-9-18(13)25(21,22)24-20-16-12-23-17-11-10-14-7-3-4-8-15(14)19(16)17/h2-12,20H,1H3. The third-order valence-electron chi connectivity index (χ3n) is 4.09. The van der Waals surface area contributed by atoms with Gasteiger partial charge in [-0.25, -0.2) is 5.48 Å². The topological polar surface area (TPSA) is 68.5 Å². The third-order valence-corrected chi connectivity index (χ3v) is 5.39. The fraction of sp³-hybridized carbons (Fsp3) is 0.0526. The first-order valence-corrected chi connectivity index (χ1v) is 9.11. The molecule has 25 heavy (non-hydrogen) atoms. The molecule has 1 aromatic heterocycles. The van der Waals surface area contributed by atoms with Crippen molar-refractivity contribution in [2.75, 3.05) is 5.48 Å². The summed E-state index contributed by atoms with van der Waals surface area (Å²) in [4.78, 5) is 0.125. The van der Waals surface area contributed by atoms with Crippen molar-refractivity contribution in [3.63, 3.8) is 0 Å². The quantitative estimate of drug-likeness (QED) is 0.542. The summed E-state index contributed by atoms with van der Waals surface area (Å²) >= 11 is 0. The number of fused-ring (bicyclic) bond motifs is 3. The summed E-state index contributed by atoms with van der Waals surface area (Å²) < 4.78 is 35.4. The maximum absolute atomic E-state index is 12.4. The van der Waals surface area contributed by atoms with Gasteiger partial charge in [0.1, 0.15) is 17.5 Å². The van der Waals surface area contributed by atoms with E-state index < -0.39 is 10.1 Å². The van der Waals surface area contributed by atoms with Gasteiger partial charge in [-0.05, 0) is 35.4 Å². The van der Waals surface area contributed by atoms with Crippen LogP contribution in [0.5, 0.6) is 0 Å². The summed E-state index contributed by atoms with van der Waals surface area (Å²) in [5.41, 5.74) is 4.27. The van der Waals surface area contributed by atoms with Gasteiger partial charge in [0, 0.05) is 0 Å². The molecule has 4 rings (SSSR count). The second-order valence-electron chi connectivity index (χ2n) is 5.71. The van der Waals surface area contributed by atoms with Crippen LogP contribution in [0.2, 0.25) is 0 Å². The Kier molecular flexibility index (Phi) is 3.71. The molecule has 1 N–H and O–H groups in total. The van der Waals surface area contributed by atoms with E-state index in [-0.39, 0.29) is 4.90 Å². The molecular weight excluding hydrogens is 338 g/mol. The lowest BCUT2D eigenvalue weighted by atomic mass is 10.1. The molecule has 5 nitrogen and oxygen atoms in total. The van der Waals surface area contributed by atoms with Crippen molar-refractivity contribution in [1.29, 1.82) is 0 Å². The van der Waals surface area contributed by atoms with Gasteiger partial charge in [-0.1, -0.05) is 48.5 Å². The van der Waals surface area contributed by atoms with Crippen LogP contribution in [0, 0.1) is 6.92 Å². The molecule has 0 amide bonds. The van der Waals surface area contributed by atoms with Gasteiger partial charge < -0.3 is 4.42 Å². The Hall–Kier alpha value is -2.83. The van der Waals surface area contributed by atoms with Crippen molar-refractivity contribution in [3.05, 3.63) is 72.5 Å². The van der Waals surface area contributed by atoms with Gasteiger partial charge >= 0.3 is 10.1 Å². The van der Waals surface area contributed by atoms with E-state index in [9.17, 15) is 8.42 Å². The van der Waals surface area contributed by atoms with E-state index in [2.05, 4.69) is 5.48 Å². The van der Waals surface area contributed by atoms with Gasteiger partial charge in [0.2, 0.25) is 0 Å². The zero-order valence-corrected chi connectivity index (χ0v) is 14.2. The normalized spacial score (nSPS) is 11.9. The zero-order valence-electron chi connectivity index (χ0n) is 13.4. The van der Waals surface area contributed by atoms with Crippen LogP contribution < -0.4 is 5.48 Å². The van der Waals surface area contributed by atoms with Crippen LogP contribution in [-0.4, -0.2) is 8.42 Å². The fourth-order valence-electron chi connectivity index (χ4n) is 2.87. The summed E-state index contributed by atoms with van der Waals surface area (Å²) in [6.45, 7) is 1.72. The highest BCUT2D eigenvalue weighted by atomic mass is 32.2. The number of furan rings is 1. The number of hydrogen-bond donors (Lipinski definition) is 1. The van der Waals surface area contributed by atoms with Gasteiger partial charge in [0.25, 0.3) is 0 Å². The minimum Gasteiger partial charge on any atom is -0.462 e. The van der Waals surface area contributed by atoms with E-state index in [1.165, 1.54) is 12.3 Å². The molecule has 126 valence electrons. The molecule has 0 saturated heterocycles. The minimum absolute atomic E-state index is 0.125. The Bertz CT molecular complexity index is 1180. The lowest BCUT2D eigenvalue weighted by Gasteiger charge is -2.09. The lowest BCUT2D eigenvalue weighted by Crippen LogP contribution is -2.12. The first-order chi connectivity index (χ1) is 12.1. The Morgan fingerprint density at radius 1 is 0.960 bits per heavy atom. The minimum atomic E-state index is -3.94. The first-order valence-electron chi connectivity index (χ1n) is 7.70. The first kappa shape index (κ1) is 15.7. The molecule has 0 aliphatic carbocycles. The van der Waals surface area contributed by atoms with Gasteiger partial charge in [0.05, 0.1) is 10.3 Å². The van der Waals surface area contributed by atoms with Crippen molar-refractivity contribution >= 4 is 37.5 Å². The molecule has 3 aromatic carbocycles. The number of rotatable bonds is 4. The second-order valence-corrected chi connectivity index (χ2v) is 7.23. The molecule has 0 atom stereocenters. The average molecular weight is 353 g/mol. The van der Waals surface area contributed by atoms with Crippen LogP contribution in [0.1, 0.15) is 5.56 Å². The number of aryl methyl sites for hydroxylation is 1. The Labute approximate surface area is 144 Å². The van der Waals surface area contributed by atoms with Crippen molar-refractivity contribution in [2.45, 2.75) is 11.8 Å². The van der Waals surface area contributed by atoms with Gasteiger partial charge in [-0.3, -0.25) is 0 Å². The summed E-state index contributed by atoms with van der Waals surface area (Å²) in [7, 11) is -3.94. The van der Waals surface area contributed by atoms with Crippen LogP contribution in [0.4, 0.5) is 5.69 Å². The van der Waals surface area contributed by atoms with Gasteiger partial charge in [-0.15, -0.1) is 4.28 Å². The Morgan fingerprint density at radius 2 is 1.72 bits per heavy atom. The Balaban J connectivity index is 1.72. The molecule has 6 heteroatoms. The molecular formula is C19H15NO4S. The molecule has 1 heterocycles. The predicted octanol–water partition coefficient (Wildman–Crippen LogP) is 4.63. The number of hydrogen-bond acceptors (Lipinski definition) is 5. The molecule has 0 fully saturated rings. The van der Waals surface area contributed by atoms with E-state index in [1.54, 1.807) is 25.1 Å². The van der Waals surface area contributed by atoms with Gasteiger partial charge in [0.15, 0.2) is 0 Å². The third kappa shape index (κ3) is 2.75. The molecule has 0 unspecified atom stereocenters. The van der Waals surface area contributed by atoms with Crippen LogP contribution in [0.3, 0.4) is 0 Å². The predicted molar refractivity (Wildman–Crippen MR) is 96.8 cm³/mol. The van der Waals surface area contributed by atoms with E-state index in [4.69, 9.17) is 8.70 Å². The van der Waals surface area contributed by atoms with Crippen LogP contribution in [0.15, 0.2) is 76.2 Å². The molecule has 0 aliphatic heterocycles. The van der Waals surface area contributed by atoms with E-state index in [0.29, 0.717) is 16.8 Å². The maximum Gasteiger partial charge on any atom is 0.317 e. The summed E-state index contributed by atoms with van der Waals surface area (Å²) in [5, 5.41) is 2.76. The van der Waals surface area contributed by atoms with E-state index >= 15 is 0 Å². The highest BCUT2D eigenvalue weighted by molar-refractivity contribution is 7.86. The van der Waals surface area contributed by atoms with Crippen molar-refractivity contribution in [3.8, 4) is 0 Å². The average Bonchev–Trinajstić information content (AvgIpc) is 3.04. The highest BCUT2D eigenvalue weighted by Gasteiger charge is 2.19. The maximum atomic E-state index is 12.4. The summed E-state index contributed by atoms with van der Waals surface area (Å²) in [6.07, 6.45) is 1.45. The summed E-state index contributed by atoms with van der Waals surface area (Å²) in [5.74, 6) is 0. The highest BCUT2D eigenvalue weighted by Crippen LogP contribution is 2.33. The van der Waals surface area contributed by atoms with E-state index in [0.717, 1.165) is 16.2 Å². The smallest absolute Gasteiger partial charge is 0.317 e. The number of benzene rings is 3. The summed E-state index contributed by atoms with van der Waals surface area (Å²) in [6, 6.07) is 18.3. The van der Waals surface area contributed by atoms with Crippen molar-refractivity contribution in [1.82, 2.24) is 0 Å². The molecule has 0 bridgehead atoms. The Morgan fingerprint density at radius 3 is 2.56 bits per heavy atom. The van der Waals surface area contributed by atoms with Crippen molar-refractivity contribution < 1.29 is 17.1 Å². The molecule has 4 aromatic rings. The van der Waals surface area contributed by atoms with Gasteiger partial charge in [-0.2, -0.15) is 8.42 Å². The monoisotopic (exact) mass is 353 g/mol. The van der Waals surface area contributed by atoms with Crippen LogP contribution >= 0.6 is 0 Å². The molecule has 0 saturated carbocycles. The fourth-order valence-corrected chi connectivity index (χ4v) is 3.86. The largest absolute Gasteiger partial charge is 0.462 e. The second kappa shape index (κ2) is 5.91. The van der Waals surface area contributed by atoms with Crippen molar-refractivity contribution in [2.24, 2.45) is 0 Å². The van der Waals surface area contributed by atoms with E-state index in [1.807, 2.05) is 36.4 Å². The SMILES string of the molecule is Cc1ccccc1S(=O)(=O)ONc1coc2ccc3ccccc3c12. The zero-order chi connectivity index (χ0) is 17.4. The number of nitrogens with one attached hydrogen (secondary N) is 1. The lowest BCUT2D eigenvalue weighted by molar-refractivity contribution is 0.390. The van der Waals surface area contributed by atoms with Crippen LogP contribution in [-0.2, 0) is 14.4 Å². The van der Waals surface area contributed by atoms with Crippen LogP contribution in [0.25, 0.3) is 21.7 Å². The number of anilines is 1. The molecule has 0 spiro atoms. The molecule has 0 aliphatic rings. The molecule has 0 radical (unpaired) electrons.